The van der Waals surface area contributed by atoms with Crippen molar-refractivity contribution in [3.63, 3.8) is 0 Å². The molecule has 1 aromatic heterocycles. The molecule has 0 saturated carbocycles. The molecule has 2 unspecified atom stereocenters. The molecule has 0 bridgehead atoms. The molecule has 13 nitrogen and oxygen atoms in total. The van der Waals surface area contributed by atoms with Crippen molar-refractivity contribution in [2.75, 3.05) is 31.2 Å². The number of β-lactam (4-membered cyclic amide) rings is 1. The van der Waals surface area contributed by atoms with Gasteiger partial charge in [0.05, 0.1) is 0 Å². The highest BCUT2D eigenvalue weighted by Gasteiger charge is 2.58. The van der Waals surface area contributed by atoms with Crippen LogP contribution in [0.25, 0.3) is 0 Å². The van der Waals surface area contributed by atoms with Gasteiger partial charge in [0.25, 0.3) is 5.91 Å². The van der Waals surface area contributed by atoms with E-state index < -0.39 is 47.3 Å². The van der Waals surface area contributed by atoms with Crippen LogP contribution in [0.2, 0.25) is 0 Å². The molecule has 0 radical (unpaired) electrons. The number of nitrogens with two attached hydrogens (primary N) is 2. The van der Waals surface area contributed by atoms with Crippen LogP contribution in [-0.4, -0.2) is 81.5 Å². The Kier molecular flexibility index (Phi) is 6.88. The fraction of sp³-hybridized carbons (Fsp3) is 0.412. The number of aliphatic carboxylic acids is 1. The van der Waals surface area contributed by atoms with Crippen LogP contribution in [-0.2, 0) is 24.0 Å². The summed E-state index contributed by atoms with van der Waals surface area (Å²) in [5.41, 5.74) is 9.09. The van der Waals surface area contributed by atoms with Gasteiger partial charge in [-0.25, -0.2) is 9.78 Å². The third-order valence-corrected chi connectivity index (χ3v) is 6.97. The molecule has 1 aromatic rings. The Morgan fingerprint density at radius 2 is 2.25 bits per heavy atom. The SMILES string of the molecule is C=CCON=C(C(=O)NC1C(=O)N2CC(COC(N)=O)(C(=O)O)CS[C@H]12)c1csc(N)n1. The Hall–Kier alpha value is -3.33. The first-order chi connectivity index (χ1) is 15.2. The number of hydrogen-bond donors (Lipinski definition) is 4. The van der Waals surface area contributed by atoms with E-state index in [4.69, 9.17) is 21.0 Å². The van der Waals surface area contributed by atoms with Crippen molar-refractivity contribution >= 4 is 57.8 Å². The van der Waals surface area contributed by atoms with Crippen LogP contribution in [0, 0.1) is 5.41 Å². The highest BCUT2D eigenvalue weighted by molar-refractivity contribution is 8.00. The van der Waals surface area contributed by atoms with Gasteiger partial charge in [0, 0.05) is 17.7 Å². The topological polar surface area (TPSA) is 200 Å². The number of amides is 3. The minimum atomic E-state index is -1.50. The lowest BCUT2D eigenvalue weighted by atomic mass is 9.88. The number of rotatable bonds is 9. The number of nitrogen functional groups attached to an aromatic ring is 1. The largest absolute Gasteiger partial charge is 0.481 e. The van der Waals surface area contributed by atoms with E-state index in [2.05, 4.69) is 22.0 Å². The molecular weight excluding hydrogens is 464 g/mol. The number of hydrogen-bond acceptors (Lipinski definition) is 11. The van der Waals surface area contributed by atoms with E-state index in [-0.39, 0.29) is 35.4 Å². The predicted molar refractivity (Wildman–Crippen MR) is 115 cm³/mol. The maximum absolute atomic E-state index is 12.8. The van der Waals surface area contributed by atoms with Crippen molar-refractivity contribution in [2.24, 2.45) is 16.3 Å². The normalized spacial score (nSPS) is 24.7. The number of carbonyl (C=O) groups is 4. The summed E-state index contributed by atoms with van der Waals surface area (Å²) < 4.78 is 4.69. The van der Waals surface area contributed by atoms with Gasteiger partial charge < -0.3 is 36.4 Å². The van der Waals surface area contributed by atoms with E-state index in [1.54, 1.807) is 0 Å². The summed E-state index contributed by atoms with van der Waals surface area (Å²) in [5.74, 6) is -2.36. The summed E-state index contributed by atoms with van der Waals surface area (Å²) >= 11 is 2.25. The Balaban J connectivity index is 1.70. The summed E-state index contributed by atoms with van der Waals surface area (Å²) in [6, 6.07) is -0.906. The lowest BCUT2D eigenvalue weighted by molar-refractivity contribution is -0.160. The number of aromatic nitrogens is 1. The van der Waals surface area contributed by atoms with Gasteiger partial charge in [0.2, 0.25) is 5.91 Å². The van der Waals surface area contributed by atoms with Crippen LogP contribution in [0.5, 0.6) is 0 Å². The number of thioether (sulfide) groups is 1. The highest BCUT2D eigenvalue weighted by Crippen LogP contribution is 2.42. The molecule has 2 aliphatic heterocycles. The van der Waals surface area contributed by atoms with Crippen molar-refractivity contribution < 1.29 is 33.9 Å². The summed E-state index contributed by atoms with van der Waals surface area (Å²) in [5, 5.41) is 17.2. The average molecular weight is 485 g/mol. The van der Waals surface area contributed by atoms with Crippen LogP contribution in [0.4, 0.5) is 9.93 Å². The number of carboxylic acid groups (broad SMARTS) is 1. The van der Waals surface area contributed by atoms with Crippen molar-refractivity contribution in [3.05, 3.63) is 23.7 Å². The molecule has 3 rings (SSSR count). The van der Waals surface area contributed by atoms with Crippen molar-refractivity contribution in [1.82, 2.24) is 15.2 Å². The molecule has 32 heavy (non-hydrogen) atoms. The smallest absolute Gasteiger partial charge is 0.404 e. The molecule has 0 spiro atoms. The first kappa shape index (κ1) is 23.3. The van der Waals surface area contributed by atoms with Gasteiger partial charge in [0.15, 0.2) is 10.8 Å². The van der Waals surface area contributed by atoms with E-state index >= 15 is 0 Å². The minimum Gasteiger partial charge on any atom is -0.481 e. The lowest BCUT2D eigenvalue weighted by Gasteiger charge is -2.53. The maximum atomic E-state index is 12.8. The van der Waals surface area contributed by atoms with Crippen molar-refractivity contribution in [1.29, 1.82) is 0 Å². The van der Waals surface area contributed by atoms with Crippen molar-refractivity contribution in [3.8, 4) is 0 Å². The number of nitrogens with zero attached hydrogens (tertiary/aromatic N) is 3. The summed E-state index contributed by atoms with van der Waals surface area (Å²) in [6.07, 6.45) is 0.336. The number of carboxylic acids is 1. The van der Waals surface area contributed by atoms with Crippen molar-refractivity contribution in [2.45, 2.75) is 11.4 Å². The molecular formula is C17H20N6O7S2. The van der Waals surface area contributed by atoms with Gasteiger partial charge >= 0.3 is 12.1 Å². The van der Waals surface area contributed by atoms with Crippen LogP contribution in [0.3, 0.4) is 0 Å². The van der Waals surface area contributed by atoms with E-state index in [0.29, 0.717) is 0 Å². The third kappa shape index (κ3) is 4.62. The average Bonchev–Trinajstić information content (AvgIpc) is 3.18. The number of oxime groups is 1. The number of anilines is 1. The van der Waals surface area contributed by atoms with Crippen LogP contribution in [0.1, 0.15) is 5.69 Å². The Labute approximate surface area is 189 Å². The monoisotopic (exact) mass is 484 g/mol. The fourth-order valence-electron chi connectivity index (χ4n) is 3.08. The summed E-state index contributed by atoms with van der Waals surface area (Å²) in [4.78, 5) is 58.5. The Bertz CT molecular complexity index is 982. The zero-order valence-corrected chi connectivity index (χ0v) is 18.2. The van der Waals surface area contributed by atoms with Gasteiger partial charge in [-0.15, -0.1) is 23.1 Å². The maximum Gasteiger partial charge on any atom is 0.404 e. The van der Waals surface area contributed by atoms with E-state index in [0.717, 1.165) is 23.1 Å². The van der Waals surface area contributed by atoms with Crippen LogP contribution >= 0.6 is 23.1 Å². The molecule has 15 heteroatoms. The van der Waals surface area contributed by atoms with Gasteiger partial charge in [-0.05, 0) is 0 Å². The molecule has 2 fully saturated rings. The molecule has 3 heterocycles. The number of nitrogens with one attached hydrogen (secondary N) is 1. The second-order valence-electron chi connectivity index (χ2n) is 6.91. The van der Waals surface area contributed by atoms with Gasteiger partial charge in [-0.2, -0.15) is 0 Å². The first-order valence-corrected chi connectivity index (χ1v) is 11.0. The second kappa shape index (κ2) is 9.44. The van der Waals surface area contributed by atoms with Crippen LogP contribution in [0.15, 0.2) is 23.2 Å². The molecule has 3 atom stereocenters. The number of fused-ring (bicyclic) bond motifs is 1. The zero-order chi connectivity index (χ0) is 23.5. The number of primary amides is 1. The lowest BCUT2D eigenvalue weighted by Crippen LogP contribution is -2.74. The highest BCUT2D eigenvalue weighted by atomic mass is 32.2. The molecule has 3 amide bonds. The van der Waals surface area contributed by atoms with E-state index in [1.807, 2.05) is 0 Å². The standard InChI is InChI=1S/C17H20N6O7S2/c1-2-3-30-22-9(8-4-31-15(18)20-8)11(24)21-10-12(25)23-5-17(14(26)27,6-29-16(19)28)7-32-13(10)23/h2,4,10,13H,1,3,5-7H2,(H2,18,20)(H2,19,28)(H,21,24)(H,26,27)/t10?,13-,17?/m1/s1. The van der Waals surface area contributed by atoms with Crippen LogP contribution < -0.4 is 16.8 Å². The number of ether oxygens (including phenoxy) is 1. The third-order valence-electron chi connectivity index (χ3n) is 4.70. The van der Waals surface area contributed by atoms with Gasteiger partial charge in [-0.3, -0.25) is 14.4 Å². The summed E-state index contributed by atoms with van der Waals surface area (Å²) in [7, 11) is 0. The number of thiazole rings is 1. The Morgan fingerprint density at radius 3 is 2.84 bits per heavy atom. The molecule has 0 aliphatic carbocycles. The predicted octanol–water partition coefficient (Wildman–Crippen LogP) is -0.802. The molecule has 2 aliphatic rings. The second-order valence-corrected chi connectivity index (χ2v) is 8.90. The zero-order valence-electron chi connectivity index (χ0n) is 16.6. The molecule has 2 saturated heterocycles. The van der Waals surface area contributed by atoms with Gasteiger partial charge in [-0.1, -0.05) is 17.8 Å². The molecule has 0 aromatic carbocycles. The van der Waals surface area contributed by atoms with E-state index in [1.165, 1.54) is 16.4 Å². The van der Waals surface area contributed by atoms with Gasteiger partial charge in [0.1, 0.15) is 35.7 Å². The summed E-state index contributed by atoms with van der Waals surface area (Å²) in [6.45, 7) is 2.88. The fourth-order valence-corrected chi connectivity index (χ4v) is 5.15. The first-order valence-electron chi connectivity index (χ1n) is 9.09. The van der Waals surface area contributed by atoms with E-state index in [9.17, 15) is 24.3 Å². The Morgan fingerprint density at radius 1 is 1.50 bits per heavy atom. The molecule has 172 valence electrons. The molecule has 6 N–H and O–H groups in total. The number of carbonyl (C=O) groups excluding carboxylic acids is 3. The quantitative estimate of drug-likeness (QED) is 0.113. The minimum absolute atomic E-state index is 0.0441.